The van der Waals surface area contributed by atoms with E-state index in [0.717, 1.165) is 25.8 Å². The molecule has 0 bridgehead atoms. The van der Waals surface area contributed by atoms with Gasteiger partial charge in [0.1, 0.15) is 0 Å². The van der Waals surface area contributed by atoms with Gasteiger partial charge in [0, 0.05) is 34.6 Å². The first-order valence-electron chi connectivity index (χ1n) is 5.44. The van der Waals surface area contributed by atoms with Gasteiger partial charge in [0.2, 0.25) is 0 Å². The number of thiophene rings is 1. The second kappa shape index (κ2) is 6.47. The number of hydrogen-bond donors (Lipinski definition) is 1. The largest absolute Gasteiger partial charge is 0.308 e. The minimum atomic E-state index is -0.407. The van der Waals surface area contributed by atoms with Gasteiger partial charge in [0.15, 0.2) is 0 Å². The molecule has 0 aliphatic heterocycles. The lowest BCUT2D eigenvalue weighted by Crippen LogP contribution is -2.12. The molecule has 0 unspecified atom stereocenters. The molecule has 0 amide bonds. The standard InChI is InChI=1S/C12H10BrClN2O2S/c13-11-5-9(16(17)18)2-1-8(11)6-15-7-10-3-4-12(14)19-10/h1-5,15H,6-7H2. The van der Waals surface area contributed by atoms with Crippen molar-refractivity contribution in [3.63, 3.8) is 0 Å². The molecule has 1 aromatic carbocycles. The van der Waals surface area contributed by atoms with Crippen LogP contribution in [-0.4, -0.2) is 4.92 Å². The van der Waals surface area contributed by atoms with Gasteiger partial charge in [0.05, 0.1) is 9.26 Å². The second-order valence-electron chi connectivity index (χ2n) is 3.84. The molecule has 1 heterocycles. The van der Waals surface area contributed by atoms with Crippen LogP contribution in [0.15, 0.2) is 34.8 Å². The maximum Gasteiger partial charge on any atom is 0.270 e. The summed E-state index contributed by atoms with van der Waals surface area (Å²) in [5, 5.41) is 13.9. The minimum absolute atomic E-state index is 0.0839. The maximum atomic E-state index is 10.6. The summed E-state index contributed by atoms with van der Waals surface area (Å²) in [6.07, 6.45) is 0. The first kappa shape index (κ1) is 14.5. The monoisotopic (exact) mass is 360 g/mol. The van der Waals surface area contributed by atoms with Crippen LogP contribution in [0.4, 0.5) is 5.69 Å². The zero-order valence-electron chi connectivity index (χ0n) is 9.73. The Balaban J connectivity index is 1.94. The third kappa shape index (κ3) is 4.01. The highest BCUT2D eigenvalue weighted by Gasteiger charge is 2.08. The number of rotatable bonds is 5. The van der Waals surface area contributed by atoms with Gasteiger partial charge in [-0.25, -0.2) is 0 Å². The van der Waals surface area contributed by atoms with Gasteiger partial charge in [0.25, 0.3) is 5.69 Å². The third-order valence-corrected chi connectivity index (χ3v) is 4.46. The Morgan fingerprint density at radius 2 is 2.11 bits per heavy atom. The van der Waals surface area contributed by atoms with E-state index in [0.29, 0.717) is 6.54 Å². The molecule has 4 nitrogen and oxygen atoms in total. The van der Waals surface area contributed by atoms with Crippen molar-refractivity contribution in [3.8, 4) is 0 Å². The number of nitrogens with zero attached hydrogens (tertiary/aromatic N) is 1. The van der Waals surface area contributed by atoms with E-state index in [9.17, 15) is 10.1 Å². The summed E-state index contributed by atoms with van der Waals surface area (Å²) < 4.78 is 1.51. The van der Waals surface area contributed by atoms with Gasteiger partial charge >= 0.3 is 0 Å². The lowest BCUT2D eigenvalue weighted by atomic mass is 10.2. The van der Waals surface area contributed by atoms with Crippen LogP contribution >= 0.6 is 38.9 Å². The van der Waals surface area contributed by atoms with Crippen molar-refractivity contribution in [2.24, 2.45) is 0 Å². The van der Waals surface area contributed by atoms with Crippen molar-refractivity contribution >= 4 is 44.6 Å². The number of halogens is 2. The van der Waals surface area contributed by atoms with E-state index in [2.05, 4.69) is 21.2 Å². The number of non-ortho nitro benzene ring substituents is 1. The molecule has 2 rings (SSSR count). The van der Waals surface area contributed by atoms with Crippen molar-refractivity contribution < 1.29 is 4.92 Å². The van der Waals surface area contributed by atoms with Gasteiger partial charge in [-0.05, 0) is 23.8 Å². The Morgan fingerprint density at radius 1 is 1.32 bits per heavy atom. The van der Waals surface area contributed by atoms with Gasteiger partial charge in [-0.3, -0.25) is 10.1 Å². The first-order chi connectivity index (χ1) is 9.06. The van der Waals surface area contributed by atoms with Crippen LogP contribution in [0, 0.1) is 10.1 Å². The van der Waals surface area contributed by atoms with E-state index < -0.39 is 4.92 Å². The average Bonchev–Trinajstić information content (AvgIpc) is 2.77. The van der Waals surface area contributed by atoms with E-state index in [1.54, 1.807) is 6.07 Å². The lowest BCUT2D eigenvalue weighted by Gasteiger charge is -2.05. The molecule has 0 radical (unpaired) electrons. The molecule has 100 valence electrons. The fraction of sp³-hybridized carbons (Fsp3) is 0.167. The summed E-state index contributed by atoms with van der Waals surface area (Å²) in [6, 6.07) is 8.61. The topological polar surface area (TPSA) is 55.2 Å². The van der Waals surface area contributed by atoms with Gasteiger partial charge in [-0.1, -0.05) is 27.5 Å². The number of benzene rings is 1. The van der Waals surface area contributed by atoms with Crippen molar-refractivity contribution in [1.29, 1.82) is 0 Å². The smallest absolute Gasteiger partial charge is 0.270 e. The molecule has 0 aliphatic rings. The lowest BCUT2D eigenvalue weighted by molar-refractivity contribution is -0.384. The van der Waals surface area contributed by atoms with E-state index >= 15 is 0 Å². The van der Waals surface area contributed by atoms with E-state index in [1.165, 1.54) is 23.5 Å². The Labute approximate surface area is 127 Å². The Bertz CT molecular complexity index is 603. The first-order valence-corrected chi connectivity index (χ1v) is 7.43. The van der Waals surface area contributed by atoms with Gasteiger partial charge < -0.3 is 5.32 Å². The summed E-state index contributed by atoms with van der Waals surface area (Å²) >= 11 is 10.7. The summed E-state index contributed by atoms with van der Waals surface area (Å²) in [5.74, 6) is 0. The van der Waals surface area contributed by atoms with Crippen LogP contribution in [0.1, 0.15) is 10.4 Å². The van der Waals surface area contributed by atoms with Crippen LogP contribution in [0.3, 0.4) is 0 Å². The maximum absolute atomic E-state index is 10.6. The van der Waals surface area contributed by atoms with E-state index in [1.807, 2.05) is 12.1 Å². The van der Waals surface area contributed by atoms with E-state index in [4.69, 9.17) is 11.6 Å². The Morgan fingerprint density at radius 3 is 2.68 bits per heavy atom. The van der Waals surface area contributed by atoms with Crippen molar-refractivity contribution in [2.45, 2.75) is 13.1 Å². The molecule has 7 heteroatoms. The van der Waals surface area contributed by atoms with Crippen LogP contribution in [0.2, 0.25) is 4.34 Å². The fourth-order valence-electron chi connectivity index (χ4n) is 1.56. The minimum Gasteiger partial charge on any atom is -0.308 e. The predicted octanol–water partition coefficient (Wildman–Crippen LogP) is 4.36. The predicted molar refractivity (Wildman–Crippen MR) is 80.7 cm³/mol. The Kier molecular flexibility index (Phi) is 4.93. The molecule has 19 heavy (non-hydrogen) atoms. The molecule has 0 aliphatic carbocycles. The summed E-state index contributed by atoms with van der Waals surface area (Å²) in [4.78, 5) is 11.4. The molecule has 0 saturated heterocycles. The van der Waals surface area contributed by atoms with Crippen molar-refractivity contribution in [2.75, 3.05) is 0 Å². The average molecular weight is 362 g/mol. The van der Waals surface area contributed by atoms with Crippen LogP contribution in [-0.2, 0) is 13.1 Å². The quantitative estimate of drug-likeness (QED) is 0.636. The molecule has 1 aromatic heterocycles. The molecule has 2 aromatic rings. The SMILES string of the molecule is O=[N+]([O-])c1ccc(CNCc2ccc(Cl)s2)c(Br)c1. The van der Waals surface area contributed by atoms with Crippen LogP contribution in [0.25, 0.3) is 0 Å². The molecule has 0 saturated carbocycles. The number of hydrogen-bond acceptors (Lipinski definition) is 4. The highest BCUT2D eigenvalue weighted by Crippen LogP contribution is 2.24. The number of nitro benzene ring substituents is 1. The summed E-state index contributed by atoms with van der Waals surface area (Å²) in [6.45, 7) is 1.36. The summed E-state index contributed by atoms with van der Waals surface area (Å²) in [7, 11) is 0. The molecule has 0 fully saturated rings. The molecular weight excluding hydrogens is 352 g/mol. The number of nitrogens with one attached hydrogen (secondary N) is 1. The van der Waals surface area contributed by atoms with Crippen LogP contribution in [0.5, 0.6) is 0 Å². The van der Waals surface area contributed by atoms with Crippen molar-refractivity contribution in [3.05, 3.63) is 59.7 Å². The molecule has 0 atom stereocenters. The molecule has 1 N–H and O–H groups in total. The summed E-state index contributed by atoms with van der Waals surface area (Å²) in [5.41, 5.74) is 1.06. The fourth-order valence-corrected chi connectivity index (χ4v) is 3.12. The second-order valence-corrected chi connectivity index (χ2v) is 6.50. The normalized spacial score (nSPS) is 10.6. The van der Waals surface area contributed by atoms with E-state index in [-0.39, 0.29) is 5.69 Å². The van der Waals surface area contributed by atoms with Gasteiger partial charge in [-0.15, -0.1) is 11.3 Å². The highest BCUT2D eigenvalue weighted by atomic mass is 79.9. The zero-order valence-corrected chi connectivity index (χ0v) is 12.9. The molecule has 0 spiro atoms. The van der Waals surface area contributed by atoms with Gasteiger partial charge in [-0.2, -0.15) is 0 Å². The Hall–Kier alpha value is -0.950. The highest BCUT2D eigenvalue weighted by molar-refractivity contribution is 9.10. The van der Waals surface area contributed by atoms with Crippen molar-refractivity contribution in [1.82, 2.24) is 5.32 Å². The third-order valence-electron chi connectivity index (χ3n) is 2.49. The molecular formula is C12H10BrClN2O2S. The van der Waals surface area contributed by atoms with Crippen LogP contribution < -0.4 is 5.32 Å². The zero-order chi connectivity index (χ0) is 13.8. The number of nitro groups is 1.